The van der Waals surface area contributed by atoms with Crippen molar-refractivity contribution in [3.05, 3.63) is 36.5 Å². The zero-order valence-electron chi connectivity index (χ0n) is 8.20. The maximum Gasteiger partial charge on any atom is 0.225 e. The molecule has 0 aromatic carbocycles. The first-order valence-electron chi connectivity index (χ1n) is 4.76. The molecule has 0 atom stereocenters. The molecule has 13 heavy (non-hydrogen) atoms. The molecule has 0 heterocycles. The lowest BCUT2D eigenvalue weighted by molar-refractivity contribution is 0.564. The fourth-order valence-corrected chi connectivity index (χ4v) is 0.840. The number of carbonyl (C=O) groups excluding carboxylic acids is 1. The van der Waals surface area contributed by atoms with E-state index in [1.54, 1.807) is 6.29 Å². The lowest BCUT2D eigenvalue weighted by Crippen LogP contribution is -1.65. The molecule has 0 saturated heterocycles. The number of rotatable bonds is 7. The average Bonchev–Trinajstić information content (AvgIpc) is 2.16. The predicted molar refractivity (Wildman–Crippen MR) is 57.3 cm³/mol. The minimum Gasteiger partial charge on any atom is -0.286 e. The molecule has 0 fully saturated rings. The molecule has 1 nitrogen and oxygen atoms in total. The Balaban J connectivity index is 3.30. The minimum atomic E-state index is 0.910. The third kappa shape index (κ3) is 10.9. The summed E-state index contributed by atoms with van der Waals surface area (Å²) in [7, 11) is 0. The van der Waals surface area contributed by atoms with Gasteiger partial charge in [-0.05, 0) is 25.3 Å². The van der Waals surface area contributed by atoms with E-state index in [2.05, 4.69) is 25.2 Å². The molecular weight excluding hydrogens is 160 g/mol. The molecule has 0 saturated carbocycles. The third-order valence-electron chi connectivity index (χ3n) is 1.52. The van der Waals surface area contributed by atoms with E-state index in [-0.39, 0.29) is 0 Å². The van der Waals surface area contributed by atoms with Crippen molar-refractivity contribution in [3.63, 3.8) is 0 Å². The molecule has 0 aromatic heterocycles. The predicted octanol–water partition coefficient (Wildman–Crippen LogP) is 3.35. The molecule has 0 aromatic rings. The van der Waals surface area contributed by atoms with Crippen molar-refractivity contribution in [1.29, 1.82) is 0 Å². The second kappa shape index (κ2) is 10.9. The van der Waals surface area contributed by atoms with Crippen molar-refractivity contribution in [2.24, 2.45) is 0 Å². The Morgan fingerprint density at radius 1 is 1.00 bits per heavy atom. The second-order valence-corrected chi connectivity index (χ2v) is 2.74. The number of hydrogen-bond acceptors (Lipinski definition) is 1. The first-order valence-corrected chi connectivity index (χ1v) is 4.76. The summed E-state index contributed by atoms with van der Waals surface area (Å²) < 4.78 is 0. The molecule has 0 aliphatic carbocycles. The fraction of sp³-hybridized carbons (Fsp3) is 0.417. The second-order valence-electron chi connectivity index (χ2n) is 2.74. The largest absolute Gasteiger partial charge is 0.286 e. The van der Waals surface area contributed by atoms with Crippen LogP contribution in [-0.2, 0) is 4.79 Å². The van der Waals surface area contributed by atoms with E-state index in [1.807, 2.05) is 12.2 Å². The Morgan fingerprint density at radius 3 is 2.23 bits per heavy atom. The summed E-state index contributed by atoms with van der Waals surface area (Å²) in [6.45, 7) is 2.16. The van der Waals surface area contributed by atoms with Gasteiger partial charge in [0.15, 0.2) is 0 Å². The fourth-order valence-electron chi connectivity index (χ4n) is 0.840. The van der Waals surface area contributed by atoms with Gasteiger partial charge in [-0.15, -0.1) is 0 Å². The van der Waals surface area contributed by atoms with Crippen LogP contribution in [0.3, 0.4) is 0 Å². The summed E-state index contributed by atoms with van der Waals surface area (Å²) in [4.78, 5) is 9.77. The topological polar surface area (TPSA) is 17.1 Å². The van der Waals surface area contributed by atoms with E-state index >= 15 is 0 Å². The summed E-state index contributed by atoms with van der Waals surface area (Å²) >= 11 is 0. The van der Waals surface area contributed by atoms with Crippen molar-refractivity contribution in [3.8, 4) is 0 Å². The number of unbranched alkanes of at least 4 members (excludes halogenated alkanes) is 2. The van der Waals surface area contributed by atoms with Crippen LogP contribution in [0.1, 0.15) is 32.6 Å². The van der Waals surface area contributed by atoms with Gasteiger partial charge in [0.25, 0.3) is 0 Å². The average molecular weight is 177 g/mol. The highest BCUT2D eigenvalue weighted by Crippen LogP contribution is 1.94. The van der Waals surface area contributed by atoms with Crippen LogP contribution in [0.5, 0.6) is 0 Å². The summed E-state index contributed by atoms with van der Waals surface area (Å²) in [5, 5.41) is 0. The van der Waals surface area contributed by atoms with Crippen molar-refractivity contribution < 1.29 is 4.79 Å². The maximum atomic E-state index is 9.77. The van der Waals surface area contributed by atoms with Crippen LogP contribution in [0.25, 0.3) is 0 Å². The molecule has 71 valence electrons. The molecule has 0 N–H and O–H groups in total. The molecular formula is C12H17O. The summed E-state index contributed by atoms with van der Waals surface area (Å²) in [5.41, 5.74) is 0. The van der Waals surface area contributed by atoms with Crippen LogP contribution in [0, 0.1) is 0 Å². The summed E-state index contributed by atoms with van der Waals surface area (Å²) in [6, 6.07) is 0. The van der Waals surface area contributed by atoms with Crippen LogP contribution in [-0.4, -0.2) is 6.29 Å². The third-order valence-corrected chi connectivity index (χ3v) is 1.52. The van der Waals surface area contributed by atoms with Gasteiger partial charge >= 0.3 is 0 Å². The highest BCUT2D eigenvalue weighted by Gasteiger charge is 1.75. The lowest BCUT2D eigenvalue weighted by Gasteiger charge is -1.83. The molecule has 0 unspecified atom stereocenters. The van der Waals surface area contributed by atoms with Gasteiger partial charge in [-0.1, -0.05) is 43.7 Å². The number of hydrogen-bond donors (Lipinski definition) is 0. The first kappa shape index (κ1) is 11.9. The van der Waals surface area contributed by atoms with E-state index in [0.29, 0.717) is 0 Å². The molecule has 0 aliphatic heterocycles. The van der Waals surface area contributed by atoms with Gasteiger partial charge in [0.1, 0.15) is 0 Å². The Kier molecular flexibility index (Phi) is 9.96. The maximum absolute atomic E-state index is 9.77. The van der Waals surface area contributed by atoms with E-state index in [4.69, 9.17) is 0 Å². The van der Waals surface area contributed by atoms with Crippen molar-refractivity contribution >= 4 is 6.29 Å². The monoisotopic (exact) mass is 177 g/mol. The van der Waals surface area contributed by atoms with E-state index < -0.39 is 0 Å². The summed E-state index contributed by atoms with van der Waals surface area (Å²) in [5.74, 6) is 0. The standard InChI is InChI=1S/C12H17O/c1-2-3-4-5-6-7-8-9-10-11-12-13/h4-7,10-11H,2-3,8-9H2,1H3. The van der Waals surface area contributed by atoms with Crippen LogP contribution in [0.2, 0.25) is 0 Å². The van der Waals surface area contributed by atoms with E-state index in [1.165, 1.54) is 12.5 Å². The van der Waals surface area contributed by atoms with Crippen molar-refractivity contribution in [2.45, 2.75) is 32.6 Å². The first-order chi connectivity index (χ1) is 6.41. The van der Waals surface area contributed by atoms with Crippen molar-refractivity contribution in [2.75, 3.05) is 0 Å². The van der Waals surface area contributed by atoms with Crippen LogP contribution in [0.15, 0.2) is 36.5 Å². The zero-order valence-corrected chi connectivity index (χ0v) is 8.20. The van der Waals surface area contributed by atoms with Gasteiger partial charge in [-0.2, -0.15) is 0 Å². The highest BCUT2D eigenvalue weighted by atomic mass is 16.1. The Bertz CT molecular complexity index is 187. The highest BCUT2D eigenvalue weighted by molar-refractivity contribution is 5.65. The van der Waals surface area contributed by atoms with Gasteiger partial charge in [-0.25, -0.2) is 0 Å². The van der Waals surface area contributed by atoms with E-state index in [0.717, 1.165) is 19.3 Å². The zero-order chi connectivity index (χ0) is 9.78. The van der Waals surface area contributed by atoms with Gasteiger partial charge in [0.2, 0.25) is 6.29 Å². The van der Waals surface area contributed by atoms with Crippen molar-refractivity contribution in [1.82, 2.24) is 0 Å². The summed E-state index contributed by atoms with van der Waals surface area (Å²) in [6.07, 6.45) is 17.6. The quantitative estimate of drug-likeness (QED) is 0.331. The molecule has 0 amide bonds. The Hall–Kier alpha value is -1.11. The normalized spacial score (nSPS) is 12.1. The van der Waals surface area contributed by atoms with Gasteiger partial charge in [-0.3, -0.25) is 4.79 Å². The molecule has 0 spiro atoms. The van der Waals surface area contributed by atoms with Crippen LogP contribution >= 0.6 is 0 Å². The molecule has 1 radical (unpaired) electrons. The Labute approximate surface area is 80.8 Å². The van der Waals surface area contributed by atoms with Crippen LogP contribution in [0.4, 0.5) is 0 Å². The molecule has 0 aliphatic rings. The minimum absolute atomic E-state index is 0.910. The van der Waals surface area contributed by atoms with E-state index in [9.17, 15) is 4.79 Å². The molecule has 0 rings (SSSR count). The molecule has 1 heteroatoms. The van der Waals surface area contributed by atoms with Gasteiger partial charge < -0.3 is 0 Å². The SMILES string of the molecule is CCCC=CC=CCCC=C[C]=O. The van der Waals surface area contributed by atoms with Gasteiger partial charge in [0, 0.05) is 0 Å². The van der Waals surface area contributed by atoms with Crippen LogP contribution < -0.4 is 0 Å². The lowest BCUT2D eigenvalue weighted by atomic mass is 10.2. The number of allylic oxidation sites excluding steroid dienone is 6. The smallest absolute Gasteiger partial charge is 0.225 e. The molecule has 0 bridgehead atoms. The van der Waals surface area contributed by atoms with Gasteiger partial charge in [0.05, 0.1) is 0 Å². The Morgan fingerprint density at radius 2 is 1.62 bits per heavy atom.